The van der Waals surface area contributed by atoms with Crippen molar-refractivity contribution in [3.8, 4) is 0 Å². The zero-order valence-electron chi connectivity index (χ0n) is 5.79. The number of nitrogens with two attached hydrogens (primary N) is 1. The van der Waals surface area contributed by atoms with Gasteiger partial charge in [0.2, 0.25) is 0 Å². The second kappa shape index (κ2) is 5.09. The van der Waals surface area contributed by atoms with Crippen molar-refractivity contribution < 1.29 is 17.8 Å². The van der Waals surface area contributed by atoms with Crippen molar-refractivity contribution in [2.75, 3.05) is 7.05 Å². The van der Waals surface area contributed by atoms with E-state index in [1.807, 2.05) is 37.4 Å². The standard InChI is InChI=1S/C7H10N2.ClH/c1-8-9-7-5-3-2-4-6-7;/h2-6H,8H2,1H3;1H/p-1. The maximum atomic E-state index is 4.08. The molecule has 0 aliphatic rings. The normalized spacial score (nSPS) is 8.10. The van der Waals surface area contributed by atoms with Gasteiger partial charge in [0.05, 0.1) is 7.05 Å². The Morgan fingerprint density at radius 3 is 2.30 bits per heavy atom. The van der Waals surface area contributed by atoms with Gasteiger partial charge in [-0.05, 0) is 0 Å². The molecule has 10 heavy (non-hydrogen) atoms. The zero-order valence-corrected chi connectivity index (χ0v) is 6.55. The number of nitrogens with zero attached hydrogens (tertiary/aromatic N) is 1. The van der Waals surface area contributed by atoms with Crippen LogP contribution in [-0.2, 0) is 0 Å². The van der Waals surface area contributed by atoms with Gasteiger partial charge in [-0.15, -0.1) is 0 Å². The van der Waals surface area contributed by atoms with E-state index in [4.69, 9.17) is 0 Å². The van der Waals surface area contributed by atoms with Crippen molar-refractivity contribution in [2.45, 2.75) is 0 Å². The summed E-state index contributed by atoms with van der Waals surface area (Å²) < 4.78 is 0. The first-order valence-corrected chi connectivity index (χ1v) is 2.97. The molecule has 0 radical (unpaired) electrons. The van der Waals surface area contributed by atoms with Crippen LogP contribution >= 0.6 is 0 Å². The van der Waals surface area contributed by atoms with Crippen LogP contribution in [0.15, 0.2) is 30.3 Å². The van der Waals surface area contributed by atoms with E-state index in [-0.39, 0.29) is 12.4 Å². The molecule has 1 aromatic rings. The summed E-state index contributed by atoms with van der Waals surface area (Å²) in [6.45, 7) is 0. The van der Waals surface area contributed by atoms with Gasteiger partial charge < -0.3 is 23.3 Å². The van der Waals surface area contributed by atoms with Gasteiger partial charge in [0.15, 0.2) is 0 Å². The Kier molecular flexibility index (Phi) is 4.72. The summed E-state index contributed by atoms with van der Waals surface area (Å²) in [5.41, 5.74) is 6.88. The van der Waals surface area contributed by atoms with Gasteiger partial charge in [0.25, 0.3) is 0 Å². The number of hydrogen-bond donors (Lipinski definition) is 1. The third kappa shape index (κ3) is 2.71. The molecule has 0 aliphatic heterocycles. The van der Waals surface area contributed by atoms with Crippen LogP contribution in [0.25, 0.3) is 5.43 Å². The molecule has 1 aromatic carbocycles. The molecule has 0 unspecified atom stereocenters. The van der Waals surface area contributed by atoms with Gasteiger partial charge in [-0.3, -0.25) is 0 Å². The highest BCUT2D eigenvalue weighted by atomic mass is 35.5. The summed E-state index contributed by atoms with van der Waals surface area (Å²) in [5, 5.41) is 0. The lowest BCUT2D eigenvalue weighted by molar-refractivity contribution is -0.571. The summed E-state index contributed by atoms with van der Waals surface area (Å²) in [6, 6.07) is 9.87. The summed E-state index contributed by atoms with van der Waals surface area (Å²) in [6.07, 6.45) is 0. The Morgan fingerprint density at radius 2 is 1.80 bits per heavy atom. The second-order valence-corrected chi connectivity index (χ2v) is 1.72. The monoisotopic (exact) mass is 157 g/mol. The first kappa shape index (κ1) is 9.27. The van der Waals surface area contributed by atoms with Gasteiger partial charge in [0.1, 0.15) is 0 Å². The third-order valence-electron chi connectivity index (χ3n) is 1.03. The Bertz CT molecular complexity index is 165. The quantitative estimate of drug-likeness (QED) is 0.374. The molecule has 1 rings (SSSR count). The largest absolute Gasteiger partial charge is 1.00 e. The van der Waals surface area contributed by atoms with E-state index in [1.54, 1.807) is 5.43 Å². The first-order valence-electron chi connectivity index (χ1n) is 2.97. The highest BCUT2D eigenvalue weighted by Crippen LogP contribution is 2.09. The van der Waals surface area contributed by atoms with Crippen molar-refractivity contribution in [3.63, 3.8) is 0 Å². The molecule has 2 N–H and O–H groups in total. The van der Waals surface area contributed by atoms with Gasteiger partial charge in [-0.2, -0.15) is 0 Å². The molecule has 0 amide bonds. The smallest absolute Gasteiger partial charge is 0.0603 e. The molecule has 0 aromatic heterocycles. The molecule has 0 saturated carbocycles. The molecular weight excluding hydrogens is 148 g/mol. The Labute approximate surface area is 67.0 Å². The molecule has 0 heterocycles. The molecule has 0 atom stereocenters. The molecule has 3 heteroatoms. The first-order chi connectivity index (χ1) is 4.43. The van der Waals surface area contributed by atoms with Crippen LogP contribution in [-0.4, -0.2) is 7.05 Å². The number of quaternary nitrogens is 1. The molecule has 0 fully saturated rings. The molecule has 2 nitrogen and oxygen atoms in total. The lowest BCUT2D eigenvalue weighted by Gasteiger charge is -2.12. The Balaban J connectivity index is 0.000000810. The van der Waals surface area contributed by atoms with E-state index >= 15 is 0 Å². The minimum atomic E-state index is 0. The number of hydrogen-bond acceptors (Lipinski definition) is 0. The predicted octanol–water partition coefficient (Wildman–Crippen LogP) is -2.20. The zero-order chi connectivity index (χ0) is 6.53. The lowest BCUT2D eigenvalue weighted by atomic mass is 10.3. The van der Waals surface area contributed by atoms with Gasteiger partial charge in [-0.1, -0.05) is 36.0 Å². The average molecular weight is 158 g/mol. The highest BCUT2D eigenvalue weighted by Gasteiger charge is 1.72. The van der Waals surface area contributed by atoms with Crippen LogP contribution in [0.4, 0.5) is 5.69 Å². The van der Waals surface area contributed by atoms with Crippen LogP contribution in [0, 0.1) is 0 Å². The molecule has 0 spiro atoms. The van der Waals surface area contributed by atoms with Crippen molar-refractivity contribution in [1.82, 2.24) is 0 Å². The Morgan fingerprint density at radius 1 is 1.20 bits per heavy atom. The summed E-state index contributed by atoms with van der Waals surface area (Å²) in [5.74, 6) is 0. The van der Waals surface area contributed by atoms with Crippen LogP contribution < -0.4 is 17.8 Å². The summed E-state index contributed by atoms with van der Waals surface area (Å²) in [4.78, 5) is 0. The molecular formula is C7H10ClN2-. The van der Waals surface area contributed by atoms with Crippen molar-refractivity contribution in [1.29, 1.82) is 0 Å². The summed E-state index contributed by atoms with van der Waals surface area (Å²) in [7, 11) is 1.91. The van der Waals surface area contributed by atoms with Gasteiger partial charge in [0, 0.05) is 0 Å². The maximum absolute atomic E-state index is 4.08. The van der Waals surface area contributed by atoms with Crippen LogP contribution in [0.2, 0.25) is 0 Å². The number of rotatable bonds is 2. The fourth-order valence-corrected chi connectivity index (χ4v) is 0.663. The van der Waals surface area contributed by atoms with Crippen LogP contribution in [0.1, 0.15) is 0 Å². The minimum absolute atomic E-state index is 0. The third-order valence-corrected chi connectivity index (χ3v) is 1.03. The van der Waals surface area contributed by atoms with Crippen molar-refractivity contribution in [3.05, 3.63) is 35.8 Å². The van der Waals surface area contributed by atoms with E-state index in [9.17, 15) is 0 Å². The fourth-order valence-electron chi connectivity index (χ4n) is 0.663. The van der Waals surface area contributed by atoms with Crippen LogP contribution in [0.3, 0.4) is 0 Å². The molecule has 0 aliphatic carbocycles. The second-order valence-electron chi connectivity index (χ2n) is 1.72. The lowest BCUT2D eigenvalue weighted by Crippen LogP contribution is -3.00. The SMILES string of the molecule is C[NH2+][N-]c1ccccc1.[Cl-]. The van der Waals surface area contributed by atoms with Crippen molar-refractivity contribution >= 4 is 5.69 Å². The molecule has 56 valence electrons. The highest BCUT2D eigenvalue weighted by molar-refractivity contribution is 5.43. The molecule has 0 bridgehead atoms. The fraction of sp³-hybridized carbons (Fsp3) is 0.143. The van der Waals surface area contributed by atoms with Crippen LogP contribution in [0.5, 0.6) is 0 Å². The van der Waals surface area contributed by atoms with Gasteiger partial charge >= 0.3 is 0 Å². The Hall–Kier alpha value is -0.730. The predicted molar refractivity (Wildman–Crippen MR) is 37.3 cm³/mol. The minimum Gasteiger partial charge on any atom is -1.00 e. The van der Waals surface area contributed by atoms with E-state index in [2.05, 4.69) is 5.43 Å². The molecule has 0 saturated heterocycles. The van der Waals surface area contributed by atoms with E-state index < -0.39 is 0 Å². The van der Waals surface area contributed by atoms with Crippen molar-refractivity contribution in [2.24, 2.45) is 0 Å². The summed E-state index contributed by atoms with van der Waals surface area (Å²) >= 11 is 0. The van der Waals surface area contributed by atoms with E-state index in [0.717, 1.165) is 5.69 Å². The average Bonchev–Trinajstić information content (AvgIpc) is 1.91. The number of benzene rings is 1. The maximum Gasteiger partial charge on any atom is 0.0603 e. The van der Waals surface area contributed by atoms with E-state index in [0.29, 0.717) is 0 Å². The number of halogens is 1. The van der Waals surface area contributed by atoms with Gasteiger partial charge in [-0.25, -0.2) is 0 Å². The van der Waals surface area contributed by atoms with E-state index in [1.165, 1.54) is 0 Å². The topological polar surface area (TPSA) is 30.7 Å².